The van der Waals surface area contributed by atoms with E-state index in [2.05, 4.69) is 15.4 Å². The fourth-order valence-electron chi connectivity index (χ4n) is 2.56. The van der Waals surface area contributed by atoms with Gasteiger partial charge in [0.15, 0.2) is 0 Å². The summed E-state index contributed by atoms with van der Waals surface area (Å²) < 4.78 is 8.50. The van der Waals surface area contributed by atoms with Gasteiger partial charge < -0.3 is 20.2 Å². The highest BCUT2D eigenvalue weighted by Gasteiger charge is 2.24. The number of nitrogens with zero attached hydrogens (tertiary/aromatic N) is 5. The van der Waals surface area contributed by atoms with E-state index >= 15 is 0 Å². The third-order valence-electron chi connectivity index (χ3n) is 3.54. The summed E-state index contributed by atoms with van der Waals surface area (Å²) in [6, 6.07) is 0. The predicted molar refractivity (Wildman–Crippen MR) is 86.2 cm³/mol. The van der Waals surface area contributed by atoms with Crippen molar-refractivity contribution in [2.75, 3.05) is 12.4 Å². The number of methoxy groups -OCH3 is 1. The molecule has 0 radical (unpaired) electrons. The summed E-state index contributed by atoms with van der Waals surface area (Å²) in [6.45, 7) is 2.35. The van der Waals surface area contributed by atoms with Crippen LogP contribution in [0.5, 0.6) is 5.88 Å². The van der Waals surface area contributed by atoms with E-state index in [1.54, 1.807) is 30.4 Å². The number of rotatable bonds is 6. The maximum Gasteiger partial charge on any atom is 0.372 e. The summed E-state index contributed by atoms with van der Waals surface area (Å²) in [5.74, 6) is 0.815. The Balaban J connectivity index is 1.94. The number of ether oxygens (including phenoxy) is 1. The van der Waals surface area contributed by atoms with Gasteiger partial charge in [-0.25, -0.2) is 4.68 Å². The minimum Gasteiger partial charge on any atom is -0.481 e. The number of hydrogen-bond donors (Lipinski definition) is 1. The highest BCUT2D eigenvalue weighted by Crippen LogP contribution is 2.30. The lowest BCUT2D eigenvalue weighted by Gasteiger charge is -2.06. The van der Waals surface area contributed by atoms with Crippen molar-refractivity contribution in [2.45, 2.75) is 19.9 Å². The van der Waals surface area contributed by atoms with Gasteiger partial charge in [0.1, 0.15) is 6.20 Å². The van der Waals surface area contributed by atoms with E-state index in [-0.39, 0.29) is 11.6 Å². The van der Waals surface area contributed by atoms with E-state index < -0.39 is 4.92 Å². The summed E-state index contributed by atoms with van der Waals surface area (Å²) in [7, 11) is 3.38. The fraction of sp³-hybridized carbons (Fsp3) is 0.385. The summed E-state index contributed by atoms with van der Waals surface area (Å²) in [5, 5.41) is 20.5. The number of hydrogen-bond acceptors (Lipinski definition) is 7. The first-order valence-corrected chi connectivity index (χ1v) is 7.87. The molecule has 0 spiro atoms. The zero-order valence-corrected chi connectivity index (χ0v) is 13.8. The van der Waals surface area contributed by atoms with Crippen molar-refractivity contribution in [3.8, 4) is 5.88 Å². The van der Waals surface area contributed by atoms with Crippen LogP contribution in [0.4, 0.5) is 11.6 Å². The standard InChI is InChI=1S/C13H16N6O3S/c1-4-9-8(12(22-3)17(2)16-9)7-14-10-11(19(20)21)18-5-6-23-13(18)15-10/h5-6,14H,4,7H2,1-3H3. The van der Waals surface area contributed by atoms with E-state index in [0.29, 0.717) is 17.4 Å². The fourth-order valence-corrected chi connectivity index (χ4v) is 3.27. The molecule has 3 rings (SSSR count). The van der Waals surface area contributed by atoms with Gasteiger partial charge in [-0.2, -0.15) is 14.5 Å². The van der Waals surface area contributed by atoms with Crippen LogP contribution in [0.3, 0.4) is 0 Å². The summed E-state index contributed by atoms with van der Waals surface area (Å²) in [4.78, 5) is 15.8. The molecule has 3 aromatic rings. The van der Waals surface area contributed by atoms with Crippen molar-refractivity contribution in [1.82, 2.24) is 19.2 Å². The van der Waals surface area contributed by atoms with Crippen LogP contribution in [-0.2, 0) is 20.0 Å². The average molecular weight is 336 g/mol. The zero-order chi connectivity index (χ0) is 16.6. The van der Waals surface area contributed by atoms with E-state index in [4.69, 9.17) is 4.74 Å². The Hall–Kier alpha value is -2.62. The number of nitro groups is 1. The van der Waals surface area contributed by atoms with Crippen LogP contribution in [0.25, 0.3) is 4.96 Å². The van der Waals surface area contributed by atoms with E-state index in [9.17, 15) is 10.1 Å². The van der Waals surface area contributed by atoms with Crippen molar-refractivity contribution in [3.63, 3.8) is 0 Å². The molecule has 9 nitrogen and oxygen atoms in total. The number of aryl methyl sites for hydroxylation is 2. The molecule has 0 aliphatic carbocycles. The van der Waals surface area contributed by atoms with Crippen molar-refractivity contribution >= 4 is 27.9 Å². The number of nitrogens with one attached hydrogen (secondary N) is 1. The van der Waals surface area contributed by atoms with Crippen LogP contribution in [0.2, 0.25) is 0 Å². The quantitative estimate of drug-likeness (QED) is 0.547. The molecule has 23 heavy (non-hydrogen) atoms. The van der Waals surface area contributed by atoms with Crippen molar-refractivity contribution in [3.05, 3.63) is 32.9 Å². The lowest BCUT2D eigenvalue weighted by Crippen LogP contribution is -2.06. The van der Waals surface area contributed by atoms with Crippen LogP contribution < -0.4 is 10.1 Å². The maximum atomic E-state index is 11.3. The van der Waals surface area contributed by atoms with Crippen molar-refractivity contribution in [1.29, 1.82) is 0 Å². The second kappa shape index (κ2) is 5.88. The minimum absolute atomic E-state index is 0.0674. The molecular formula is C13H16N6O3S. The first-order chi connectivity index (χ1) is 11.1. The van der Waals surface area contributed by atoms with Gasteiger partial charge in [0, 0.05) is 19.0 Å². The molecule has 10 heteroatoms. The highest BCUT2D eigenvalue weighted by atomic mass is 32.1. The van der Waals surface area contributed by atoms with Crippen LogP contribution in [0.15, 0.2) is 11.6 Å². The Kier molecular flexibility index (Phi) is 3.90. The largest absolute Gasteiger partial charge is 0.481 e. The number of thiazole rings is 1. The molecule has 0 atom stereocenters. The molecule has 0 aliphatic rings. The Morgan fingerprint density at radius 3 is 2.96 bits per heavy atom. The zero-order valence-electron chi connectivity index (χ0n) is 12.9. The summed E-state index contributed by atoms with van der Waals surface area (Å²) >= 11 is 1.35. The average Bonchev–Trinajstić information content (AvgIpc) is 3.16. The van der Waals surface area contributed by atoms with Crippen molar-refractivity contribution < 1.29 is 9.66 Å². The molecule has 0 bridgehead atoms. The van der Waals surface area contributed by atoms with Crippen LogP contribution in [0.1, 0.15) is 18.2 Å². The van der Waals surface area contributed by atoms with E-state index in [1.807, 2.05) is 6.92 Å². The molecule has 0 aromatic carbocycles. The Morgan fingerprint density at radius 2 is 2.30 bits per heavy atom. The third kappa shape index (κ3) is 2.50. The van der Waals surface area contributed by atoms with Gasteiger partial charge in [-0.1, -0.05) is 18.3 Å². The summed E-state index contributed by atoms with van der Waals surface area (Å²) in [5.41, 5.74) is 1.77. The third-order valence-corrected chi connectivity index (χ3v) is 4.30. The number of aromatic nitrogens is 4. The normalized spacial score (nSPS) is 11.1. The molecule has 0 saturated carbocycles. The Bertz CT molecular complexity index is 865. The molecular weight excluding hydrogens is 320 g/mol. The molecule has 0 amide bonds. The Labute approximate surface area is 135 Å². The molecule has 3 aromatic heterocycles. The SMILES string of the molecule is CCc1nn(C)c(OC)c1CNc1nc2sccn2c1[N+](=O)[O-]. The van der Waals surface area contributed by atoms with E-state index in [0.717, 1.165) is 17.7 Å². The Morgan fingerprint density at radius 1 is 1.52 bits per heavy atom. The monoisotopic (exact) mass is 336 g/mol. The molecule has 0 fully saturated rings. The van der Waals surface area contributed by atoms with Gasteiger partial charge in [0.2, 0.25) is 11.7 Å². The van der Waals surface area contributed by atoms with Crippen LogP contribution in [-0.4, -0.2) is 31.2 Å². The molecule has 1 N–H and O–H groups in total. The minimum atomic E-state index is -0.434. The van der Waals surface area contributed by atoms with Gasteiger partial charge in [0.25, 0.3) is 4.96 Å². The van der Waals surface area contributed by atoms with Crippen molar-refractivity contribution in [2.24, 2.45) is 7.05 Å². The smallest absolute Gasteiger partial charge is 0.372 e. The lowest BCUT2D eigenvalue weighted by atomic mass is 10.2. The second-order valence-corrected chi connectivity index (χ2v) is 5.73. The molecule has 0 aliphatic heterocycles. The number of anilines is 1. The van der Waals surface area contributed by atoms with Crippen LogP contribution in [0, 0.1) is 10.1 Å². The maximum absolute atomic E-state index is 11.3. The second-order valence-electron chi connectivity index (χ2n) is 4.86. The molecule has 0 saturated heterocycles. The molecule has 0 unspecified atom stereocenters. The van der Waals surface area contributed by atoms with Gasteiger partial charge >= 0.3 is 5.82 Å². The first-order valence-electron chi connectivity index (χ1n) is 6.99. The first kappa shape index (κ1) is 15.3. The molecule has 3 heterocycles. The highest BCUT2D eigenvalue weighted by molar-refractivity contribution is 7.15. The summed E-state index contributed by atoms with van der Waals surface area (Å²) in [6.07, 6.45) is 2.38. The van der Waals surface area contributed by atoms with Gasteiger partial charge in [0.05, 0.1) is 18.4 Å². The molecule has 122 valence electrons. The van der Waals surface area contributed by atoms with E-state index in [1.165, 1.54) is 15.7 Å². The van der Waals surface area contributed by atoms with Gasteiger partial charge in [-0.05, 0) is 11.3 Å². The number of imidazole rings is 1. The lowest BCUT2D eigenvalue weighted by molar-refractivity contribution is -0.389. The van der Waals surface area contributed by atoms with Gasteiger partial charge in [-0.3, -0.25) is 0 Å². The topological polar surface area (TPSA) is 99.5 Å². The number of fused-ring (bicyclic) bond motifs is 1. The van der Waals surface area contributed by atoms with Crippen LogP contribution >= 0.6 is 11.3 Å². The van der Waals surface area contributed by atoms with Gasteiger partial charge in [-0.15, -0.1) is 0 Å². The predicted octanol–water partition coefficient (Wildman–Crippen LogP) is 2.22.